The van der Waals surface area contributed by atoms with Gasteiger partial charge >= 0.3 is 0 Å². The van der Waals surface area contributed by atoms with Crippen molar-refractivity contribution in [2.75, 3.05) is 0 Å². The van der Waals surface area contributed by atoms with E-state index in [0.717, 1.165) is 37.3 Å². The smallest absolute Gasteiger partial charge is 0.169 e. The first-order valence-electron chi connectivity index (χ1n) is 9.65. The molecule has 8 heteroatoms. The molecule has 0 fully saturated rings. The number of nitrogens with zero attached hydrogens (tertiary/aromatic N) is 4. The Balaban J connectivity index is 0.00000240. The van der Waals surface area contributed by atoms with Crippen LogP contribution in [0, 0.1) is 0 Å². The fourth-order valence-corrected chi connectivity index (χ4v) is 3.18. The molecule has 0 aliphatic carbocycles. The van der Waals surface area contributed by atoms with Crippen LogP contribution in [0.5, 0.6) is 0 Å². The summed E-state index contributed by atoms with van der Waals surface area (Å²) in [4.78, 5) is 8.76. The molecule has 0 saturated heterocycles. The van der Waals surface area contributed by atoms with E-state index in [0.29, 0.717) is 0 Å². The lowest BCUT2D eigenvalue weighted by Gasteiger charge is -2.02. The van der Waals surface area contributed by atoms with Crippen molar-refractivity contribution in [1.82, 2.24) is 9.97 Å². The Labute approximate surface area is 214 Å². The molecule has 170 valence electrons. The summed E-state index contributed by atoms with van der Waals surface area (Å²) in [5, 5.41) is 0. The van der Waals surface area contributed by atoms with Crippen molar-refractivity contribution in [2.45, 2.75) is 25.9 Å². The molecule has 0 saturated carbocycles. The Hall–Kier alpha value is -2.24. The predicted octanol–water partition coefficient (Wildman–Crippen LogP) is -1.94. The summed E-state index contributed by atoms with van der Waals surface area (Å²) >= 11 is 0. The lowest BCUT2D eigenvalue weighted by Crippen LogP contribution is -3.00. The third-order valence-electron chi connectivity index (χ3n) is 4.82. The number of pyridine rings is 4. The van der Waals surface area contributed by atoms with Crippen molar-refractivity contribution in [1.29, 1.82) is 0 Å². The van der Waals surface area contributed by atoms with Crippen LogP contribution in [0.3, 0.4) is 0 Å². The first-order chi connectivity index (χ1) is 13.9. The molecule has 0 aliphatic rings. The largest absolute Gasteiger partial charge is 1.00 e. The minimum absolute atomic E-state index is 0. The summed E-state index contributed by atoms with van der Waals surface area (Å²) in [7, 11) is 0. The number of hydrogen-bond donors (Lipinski definition) is 0. The zero-order valence-electron chi connectivity index (χ0n) is 17.4. The quantitative estimate of drug-likeness (QED) is 0.270. The maximum absolute atomic E-state index is 4.38. The van der Waals surface area contributed by atoms with Crippen LogP contribution in [-0.2, 0) is 25.9 Å². The summed E-state index contributed by atoms with van der Waals surface area (Å²) in [6.45, 7) is 1.86. The van der Waals surface area contributed by atoms with Crippen LogP contribution in [0.25, 0.3) is 11.1 Å². The molecule has 4 rings (SSSR count). The van der Waals surface area contributed by atoms with Crippen molar-refractivity contribution < 1.29 is 33.9 Å². The van der Waals surface area contributed by atoms with Crippen molar-refractivity contribution in [2.24, 2.45) is 0 Å². The van der Waals surface area contributed by atoms with Gasteiger partial charge in [-0.3, -0.25) is 9.97 Å². The van der Waals surface area contributed by atoms with E-state index in [1.807, 2.05) is 36.7 Å². The Morgan fingerprint density at radius 3 is 1.22 bits per heavy atom. The highest BCUT2D eigenvalue weighted by Gasteiger charge is 2.07. The van der Waals surface area contributed by atoms with Gasteiger partial charge in [-0.1, -0.05) is 12.1 Å². The molecule has 4 aromatic rings. The second kappa shape index (κ2) is 15.5. The van der Waals surface area contributed by atoms with Gasteiger partial charge in [0.15, 0.2) is 37.9 Å². The molecule has 0 unspecified atom stereocenters. The lowest BCUT2D eigenvalue weighted by molar-refractivity contribution is -0.696. The first kappa shape index (κ1) is 29.8. The minimum atomic E-state index is 0. The van der Waals surface area contributed by atoms with E-state index in [4.69, 9.17) is 0 Å². The molecule has 4 aromatic heterocycles. The van der Waals surface area contributed by atoms with Gasteiger partial charge in [0.2, 0.25) is 0 Å². The average molecular weight is 512 g/mol. The number of aryl methyl sites for hydroxylation is 4. The number of hydrogen-bond acceptors (Lipinski definition) is 2. The fourth-order valence-electron chi connectivity index (χ4n) is 3.18. The first-order valence-corrected chi connectivity index (χ1v) is 9.65. The van der Waals surface area contributed by atoms with Crippen molar-refractivity contribution in [3.05, 3.63) is 109 Å². The molecule has 0 atom stereocenters. The molecule has 0 N–H and O–H groups in total. The highest BCUT2D eigenvalue weighted by molar-refractivity contribution is 5.85. The maximum Gasteiger partial charge on any atom is 0.169 e. The van der Waals surface area contributed by atoms with Crippen LogP contribution in [0.1, 0.15) is 11.4 Å². The minimum Gasteiger partial charge on any atom is -1.00 e. The molecule has 0 aromatic carbocycles. The molecule has 0 bridgehead atoms. The monoisotopic (exact) mass is 510 g/mol. The van der Waals surface area contributed by atoms with E-state index < -0.39 is 0 Å². The molecule has 0 aliphatic heterocycles. The van der Waals surface area contributed by atoms with Crippen LogP contribution >= 0.6 is 24.8 Å². The SMILES string of the molecule is Cl.Cl.[Cl-].[Cl-].c1ccc(CC[n+]2ccc(-c3cc[n+](CCc4ccccn4)cc3)cc2)nc1. The van der Waals surface area contributed by atoms with E-state index in [1.54, 1.807) is 0 Å². The Morgan fingerprint density at radius 2 is 0.906 bits per heavy atom. The van der Waals surface area contributed by atoms with Crippen molar-refractivity contribution in [3.8, 4) is 11.1 Å². The highest BCUT2D eigenvalue weighted by Crippen LogP contribution is 2.15. The second-order valence-electron chi connectivity index (χ2n) is 6.79. The molecular weight excluding hydrogens is 486 g/mol. The molecule has 32 heavy (non-hydrogen) atoms. The summed E-state index contributed by atoms with van der Waals surface area (Å²) < 4.78 is 4.41. The third-order valence-corrected chi connectivity index (χ3v) is 4.82. The lowest BCUT2D eigenvalue weighted by atomic mass is 10.1. The van der Waals surface area contributed by atoms with Crippen molar-refractivity contribution in [3.63, 3.8) is 0 Å². The summed E-state index contributed by atoms with van der Waals surface area (Å²) in [5.74, 6) is 0. The Bertz CT molecular complexity index is 915. The standard InChI is InChI=1S/C24H24N4.4ClH/c1-3-13-25-23(5-1)11-19-27-15-7-21(8-16-27)22-9-17-28(18-10-22)20-12-24-6-2-4-14-26-24;;;;/h1-10,13-18H,11-12,19-20H2;4*1H/q+2;;;;/p-2. The maximum atomic E-state index is 4.38. The van der Waals surface area contributed by atoms with Crippen LogP contribution in [0.2, 0.25) is 0 Å². The van der Waals surface area contributed by atoms with E-state index in [-0.39, 0.29) is 49.6 Å². The summed E-state index contributed by atoms with van der Waals surface area (Å²) in [5.41, 5.74) is 4.70. The van der Waals surface area contributed by atoms with Gasteiger partial charge in [-0.25, -0.2) is 9.13 Å². The van der Waals surface area contributed by atoms with E-state index >= 15 is 0 Å². The van der Waals surface area contributed by atoms with E-state index in [9.17, 15) is 0 Å². The molecule has 0 radical (unpaired) electrons. The zero-order chi connectivity index (χ0) is 19.0. The van der Waals surface area contributed by atoms with Gasteiger partial charge in [0, 0.05) is 60.9 Å². The fraction of sp³-hybridized carbons (Fsp3) is 0.167. The van der Waals surface area contributed by atoms with Crippen molar-refractivity contribution >= 4 is 24.8 Å². The summed E-state index contributed by atoms with van der Waals surface area (Å²) in [6.07, 6.45) is 14.1. The van der Waals surface area contributed by atoms with Gasteiger partial charge in [0.25, 0.3) is 0 Å². The van der Waals surface area contributed by atoms with Gasteiger partial charge in [-0.05, 0) is 35.4 Å². The normalized spacial score (nSPS) is 9.38. The Kier molecular flexibility index (Phi) is 14.5. The van der Waals surface area contributed by atoms with E-state index in [2.05, 4.69) is 80.3 Å². The van der Waals surface area contributed by atoms with Gasteiger partial charge < -0.3 is 24.8 Å². The highest BCUT2D eigenvalue weighted by atomic mass is 35.5. The predicted molar refractivity (Wildman–Crippen MR) is 123 cm³/mol. The molecular formula is C24H26Cl4N4. The number of halogens is 4. The van der Waals surface area contributed by atoms with E-state index in [1.165, 1.54) is 11.1 Å². The van der Waals surface area contributed by atoms with Crippen LogP contribution in [0.15, 0.2) is 97.8 Å². The van der Waals surface area contributed by atoms with Gasteiger partial charge in [0.05, 0.1) is 0 Å². The molecule has 4 heterocycles. The Morgan fingerprint density at radius 1 is 0.531 bits per heavy atom. The van der Waals surface area contributed by atoms with Crippen LogP contribution in [0.4, 0.5) is 0 Å². The van der Waals surface area contributed by atoms with Gasteiger partial charge in [-0.2, -0.15) is 0 Å². The third kappa shape index (κ3) is 8.71. The van der Waals surface area contributed by atoms with Crippen LogP contribution in [-0.4, -0.2) is 9.97 Å². The molecule has 4 nitrogen and oxygen atoms in total. The second-order valence-corrected chi connectivity index (χ2v) is 6.79. The van der Waals surface area contributed by atoms with Gasteiger partial charge in [-0.15, -0.1) is 24.8 Å². The number of rotatable bonds is 7. The average Bonchev–Trinajstić information content (AvgIpc) is 2.78. The summed E-state index contributed by atoms with van der Waals surface area (Å²) in [6, 6.07) is 20.8. The van der Waals surface area contributed by atoms with Crippen LogP contribution < -0.4 is 33.9 Å². The number of aromatic nitrogens is 4. The van der Waals surface area contributed by atoms with Gasteiger partial charge in [0.1, 0.15) is 0 Å². The molecule has 0 spiro atoms. The zero-order valence-corrected chi connectivity index (χ0v) is 20.6. The topological polar surface area (TPSA) is 33.5 Å². The molecule has 0 amide bonds.